The van der Waals surface area contributed by atoms with Crippen molar-refractivity contribution in [1.82, 2.24) is 24.5 Å². The molecule has 1 unspecified atom stereocenters. The minimum absolute atomic E-state index is 0.0441. The highest BCUT2D eigenvalue weighted by Crippen LogP contribution is 2.25. The van der Waals surface area contributed by atoms with Gasteiger partial charge in [-0.25, -0.2) is 13.4 Å². The van der Waals surface area contributed by atoms with Crippen LogP contribution in [0.4, 0.5) is 0 Å². The van der Waals surface area contributed by atoms with Gasteiger partial charge in [-0.3, -0.25) is 9.69 Å². The normalized spacial score (nSPS) is 17.4. The summed E-state index contributed by atoms with van der Waals surface area (Å²) in [7, 11) is -3.62. The van der Waals surface area contributed by atoms with Crippen molar-refractivity contribution < 1.29 is 13.2 Å². The number of thiophene rings is 1. The van der Waals surface area contributed by atoms with E-state index in [-0.39, 0.29) is 16.8 Å². The molecule has 1 fully saturated rings. The van der Waals surface area contributed by atoms with Crippen molar-refractivity contribution in [2.45, 2.75) is 24.4 Å². The molecule has 154 valence electrons. The average Bonchev–Trinajstić information content (AvgIpc) is 3.41. The lowest BCUT2D eigenvalue weighted by Gasteiger charge is -2.36. The van der Waals surface area contributed by atoms with E-state index in [4.69, 9.17) is 0 Å². The first-order valence-electron chi connectivity index (χ1n) is 9.43. The average molecular weight is 434 g/mol. The van der Waals surface area contributed by atoms with Crippen molar-refractivity contribution in [1.29, 1.82) is 0 Å². The zero-order chi connectivity index (χ0) is 20.4. The molecule has 1 aliphatic rings. The SMILES string of the molecule is CC(C(=O)NCc1cccs1)N1CCN(S(=O)(=O)c2c[nH]c3ncccc23)CC1. The van der Waals surface area contributed by atoms with Crippen LogP contribution in [0.25, 0.3) is 11.0 Å². The van der Waals surface area contributed by atoms with Gasteiger partial charge in [0.05, 0.1) is 12.6 Å². The number of aromatic amines is 1. The van der Waals surface area contributed by atoms with Crippen molar-refractivity contribution in [3.8, 4) is 0 Å². The summed E-state index contributed by atoms with van der Waals surface area (Å²) in [6.07, 6.45) is 3.12. The van der Waals surface area contributed by atoms with E-state index in [0.29, 0.717) is 43.8 Å². The van der Waals surface area contributed by atoms with Crippen LogP contribution in [0, 0.1) is 0 Å². The monoisotopic (exact) mass is 433 g/mol. The van der Waals surface area contributed by atoms with E-state index < -0.39 is 10.0 Å². The number of H-pyrrole nitrogens is 1. The van der Waals surface area contributed by atoms with Crippen molar-refractivity contribution in [2.24, 2.45) is 0 Å². The number of piperazine rings is 1. The molecule has 4 rings (SSSR count). The zero-order valence-corrected chi connectivity index (χ0v) is 17.7. The second-order valence-electron chi connectivity index (χ2n) is 6.97. The van der Waals surface area contributed by atoms with Crippen LogP contribution in [0.1, 0.15) is 11.8 Å². The third-order valence-electron chi connectivity index (χ3n) is 5.25. The number of nitrogens with zero attached hydrogens (tertiary/aromatic N) is 3. The molecule has 0 saturated carbocycles. The number of amides is 1. The van der Waals surface area contributed by atoms with Gasteiger partial charge >= 0.3 is 0 Å². The smallest absolute Gasteiger partial charge is 0.245 e. The lowest BCUT2D eigenvalue weighted by molar-refractivity contribution is -0.126. The van der Waals surface area contributed by atoms with Gasteiger partial charge in [0.25, 0.3) is 0 Å². The molecule has 1 aliphatic heterocycles. The van der Waals surface area contributed by atoms with Gasteiger partial charge in [-0.15, -0.1) is 11.3 Å². The zero-order valence-electron chi connectivity index (χ0n) is 16.0. The molecule has 8 nitrogen and oxygen atoms in total. The van der Waals surface area contributed by atoms with Crippen LogP contribution in [0.15, 0.2) is 46.9 Å². The van der Waals surface area contributed by atoms with Gasteiger partial charge < -0.3 is 10.3 Å². The summed E-state index contributed by atoms with van der Waals surface area (Å²) < 4.78 is 27.7. The Morgan fingerprint density at radius 3 is 2.79 bits per heavy atom. The maximum Gasteiger partial charge on any atom is 0.245 e. The minimum Gasteiger partial charge on any atom is -0.350 e. The fourth-order valence-corrected chi connectivity index (χ4v) is 5.73. The molecule has 1 amide bonds. The summed E-state index contributed by atoms with van der Waals surface area (Å²) in [5, 5.41) is 5.53. The molecule has 0 spiro atoms. The van der Waals surface area contributed by atoms with Gasteiger partial charge in [0.1, 0.15) is 10.5 Å². The van der Waals surface area contributed by atoms with Gasteiger partial charge in [-0.2, -0.15) is 4.31 Å². The van der Waals surface area contributed by atoms with Crippen LogP contribution in [0.2, 0.25) is 0 Å². The first kappa shape index (κ1) is 20.0. The Bertz CT molecular complexity index is 1090. The molecule has 1 saturated heterocycles. The number of sulfonamides is 1. The molecule has 3 aromatic rings. The Labute approximate surface area is 173 Å². The number of hydrogen-bond acceptors (Lipinski definition) is 6. The number of nitrogens with one attached hydrogen (secondary N) is 2. The quantitative estimate of drug-likeness (QED) is 0.616. The molecule has 1 atom stereocenters. The summed E-state index contributed by atoms with van der Waals surface area (Å²) in [6, 6.07) is 7.11. The molecule has 10 heteroatoms. The number of pyridine rings is 1. The largest absolute Gasteiger partial charge is 0.350 e. The Hall–Kier alpha value is -2.27. The maximum atomic E-state index is 13.1. The van der Waals surface area contributed by atoms with Crippen molar-refractivity contribution >= 4 is 38.3 Å². The van der Waals surface area contributed by atoms with Gasteiger partial charge in [-0.1, -0.05) is 6.07 Å². The summed E-state index contributed by atoms with van der Waals surface area (Å²) in [4.78, 5) is 22.9. The lowest BCUT2D eigenvalue weighted by atomic mass is 10.2. The van der Waals surface area contributed by atoms with Crippen molar-refractivity contribution in [3.05, 3.63) is 46.9 Å². The van der Waals surface area contributed by atoms with Crippen LogP contribution >= 0.6 is 11.3 Å². The van der Waals surface area contributed by atoms with Gasteiger partial charge in [0.2, 0.25) is 15.9 Å². The van der Waals surface area contributed by atoms with Gasteiger partial charge in [-0.05, 0) is 30.5 Å². The molecular weight excluding hydrogens is 410 g/mol. The number of rotatable bonds is 6. The number of carbonyl (C=O) groups excluding carboxylic acids is 1. The first-order chi connectivity index (χ1) is 14.0. The molecule has 0 aliphatic carbocycles. The minimum atomic E-state index is -3.62. The van der Waals surface area contributed by atoms with E-state index in [1.807, 2.05) is 29.3 Å². The molecule has 0 radical (unpaired) electrons. The second kappa shape index (κ2) is 8.23. The van der Waals surface area contributed by atoms with E-state index in [0.717, 1.165) is 4.88 Å². The molecule has 0 aromatic carbocycles. The van der Waals surface area contributed by atoms with E-state index in [1.54, 1.807) is 29.7 Å². The Kier molecular flexibility index (Phi) is 5.68. The van der Waals surface area contributed by atoms with Crippen LogP contribution in [-0.4, -0.2) is 65.7 Å². The van der Waals surface area contributed by atoms with Crippen LogP contribution < -0.4 is 5.32 Å². The Morgan fingerprint density at radius 2 is 2.07 bits per heavy atom. The third kappa shape index (κ3) is 4.06. The van der Waals surface area contributed by atoms with Crippen LogP contribution in [-0.2, 0) is 21.4 Å². The number of aromatic nitrogens is 2. The first-order valence-corrected chi connectivity index (χ1v) is 11.7. The fourth-order valence-electron chi connectivity index (χ4n) is 3.52. The van der Waals surface area contributed by atoms with E-state index in [9.17, 15) is 13.2 Å². The second-order valence-corrected chi connectivity index (χ2v) is 9.90. The topological polar surface area (TPSA) is 98.4 Å². The highest BCUT2D eigenvalue weighted by molar-refractivity contribution is 7.89. The van der Waals surface area contributed by atoms with Crippen LogP contribution in [0.3, 0.4) is 0 Å². The van der Waals surface area contributed by atoms with E-state index in [2.05, 4.69) is 15.3 Å². The summed E-state index contributed by atoms with van der Waals surface area (Å²) in [5.41, 5.74) is 0.556. The summed E-state index contributed by atoms with van der Waals surface area (Å²) in [6.45, 7) is 4.08. The van der Waals surface area contributed by atoms with Gasteiger partial charge in [0, 0.05) is 48.8 Å². The van der Waals surface area contributed by atoms with Crippen molar-refractivity contribution in [2.75, 3.05) is 26.2 Å². The predicted molar refractivity (Wildman–Crippen MR) is 112 cm³/mol. The number of hydrogen-bond donors (Lipinski definition) is 2. The lowest BCUT2D eigenvalue weighted by Crippen LogP contribution is -2.54. The number of carbonyl (C=O) groups is 1. The third-order valence-corrected chi connectivity index (χ3v) is 8.06. The molecule has 4 heterocycles. The standard InChI is InChI=1S/C19H23N5O3S2/c1-14(19(25)22-12-15-4-3-11-28-15)23-7-9-24(10-8-23)29(26,27)17-13-21-18-16(17)5-2-6-20-18/h2-6,11,13-14H,7-10,12H2,1H3,(H,20,21)(H,22,25). The van der Waals surface area contributed by atoms with Crippen molar-refractivity contribution in [3.63, 3.8) is 0 Å². The molecule has 3 aromatic heterocycles. The predicted octanol–water partition coefficient (Wildman–Crippen LogP) is 1.64. The Morgan fingerprint density at radius 1 is 1.28 bits per heavy atom. The molecular formula is C19H23N5O3S2. The highest BCUT2D eigenvalue weighted by atomic mass is 32.2. The van der Waals surface area contributed by atoms with Gasteiger partial charge in [0.15, 0.2) is 0 Å². The highest BCUT2D eigenvalue weighted by Gasteiger charge is 2.33. The van der Waals surface area contributed by atoms with E-state index in [1.165, 1.54) is 10.5 Å². The number of fused-ring (bicyclic) bond motifs is 1. The van der Waals surface area contributed by atoms with E-state index >= 15 is 0 Å². The molecule has 0 bridgehead atoms. The fraction of sp³-hybridized carbons (Fsp3) is 0.368. The summed E-state index contributed by atoms with van der Waals surface area (Å²) in [5.74, 6) is -0.0441. The molecule has 2 N–H and O–H groups in total. The maximum absolute atomic E-state index is 13.1. The molecule has 29 heavy (non-hydrogen) atoms. The Balaban J connectivity index is 1.37. The van der Waals surface area contributed by atoms with Crippen LogP contribution in [0.5, 0.6) is 0 Å². The summed E-state index contributed by atoms with van der Waals surface area (Å²) >= 11 is 1.61.